The SMILES string of the molecule is CCCCCCCCC=CCCCCCCCCOCCCOP(=O)(O)c1ccc2c(C(C)=O)cn(CC(=O)N3C[C@H](F)C[C@H]3C(=O)NCc3cccc(Cl)c3F)c2c1. The normalized spacial score (nSPS) is 16.6. The number of benzene rings is 2. The lowest BCUT2D eigenvalue weighted by atomic mass is 10.1. The zero-order valence-electron chi connectivity index (χ0n) is 34.8. The minimum absolute atomic E-state index is 0.00975. The summed E-state index contributed by atoms with van der Waals surface area (Å²) >= 11 is 5.84. The Labute approximate surface area is 353 Å². The van der Waals surface area contributed by atoms with Gasteiger partial charge >= 0.3 is 7.60 Å². The molecule has 2 heterocycles. The Kier molecular flexibility index (Phi) is 20.8. The molecule has 3 atom stereocenters. The molecule has 1 aromatic heterocycles. The Balaban J connectivity index is 1.19. The highest BCUT2D eigenvalue weighted by Gasteiger charge is 2.40. The van der Waals surface area contributed by atoms with Crippen LogP contribution in [0.25, 0.3) is 10.9 Å². The number of unbranched alkanes of at least 4 members (excludes halogenated alkanes) is 12. The summed E-state index contributed by atoms with van der Waals surface area (Å²) < 4.78 is 55.0. The van der Waals surface area contributed by atoms with Crippen LogP contribution in [-0.4, -0.2) is 70.5 Å². The molecule has 326 valence electrons. The first kappa shape index (κ1) is 48.3. The van der Waals surface area contributed by atoms with Crippen molar-refractivity contribution in [2.24, 2.45) is 0 Å². The largest absolute Gasteiger partial charge is 0.381 e. The number of allylic oxidation sites excluding steroid dienone is 2. The topological polar surface area (TPSA) is 127 Å². The minimum atomic E-state index is -4.30. The van der Waals surface area contributed by atoms with Crippen molar-refractivity contribution in [3.8, 4) is 0 Å². The van der Waals surface area contributed by atoms with Crippen LogP contribution >= 0.6 is 19.2 Å². The van der Waals surface area contributed by atoms with Gasteiger partial charge < -0.3 is 28.9 Å². The van der Waals surface area contributed by atoms with E-state index in [1.165, 1.54) is 125 Å². The highest BCUT2D eigenvalue weighted by Crippen LogP contribution is 2.42. The number of amides is 2. The fourth-order valence-electron chi connectivity index (χ4n) is 7.38. The summed E-state index contributed by atoms with van der Waals surface area (Å²) in [6.07, 6.45) is 22.2. The second-order valence-corrected chi connectivity index (χ2v) is 17.7. The third-order valence-corrected chi connectivity index (χ3v) is 12.5. The molecule has 1 unspecified atom stereocenters. The molecule has 3 aromatic rings. The van der Waals surface area contributed by atoms with Gasteiger partial charge in [-0.2, -0.15) is 0 Å². The first-order valence-corrected chi connectivity index (χ1v) is 23.4. The summed E-state index contributed by atoms with van der Waals surface area (Å²) in [4.78, 5) is 51.3. The molecule has 1 fully saturated rings. The molecule has 0 radical (unpaired) electrons. The van der Waals surface area contributed by atoms with E-state index in [0.29, 0.717) is 30.5 Å². The minimum Gasteiger partial charge on any atom is -0.381 e. The van der Waals surface area contributed by atoms with Crippen molar-refractivity contribution < 1.29 is 41.9 Å². The van der Waals surface area contributed by atoms with Crippen LogP contribution in [0.2, 0.25) is 5.02 Å². The molecule has 4 rings (SSSR count). The number of nitrogens with zero attached hydrogens (tertiary/aromatic N) is 2. The molecule has 1 aliphatic rings. The lowest BCUT2D eigenvalue weighted by Crippen LogP contribution is -2.46. The smallest absolute Gasteiger partial charge is 0.358 e. The average molecular weight is 862 g/mol. The number of rotatable bonds is 28. The molecular weight excluding hydrogens is 799 g/mol. The zero-order chi connectivity index (χ0) is 42.6. The number of aromatic nitrogens is 1. The number of ketones is 1. The number of halogens is 3. The number of alkyl halides is 1. The number of fused-ring (bicyclic) bond motifs is 1. The highest BCUT2D eigenvalue weighted by molar-refractivity contribution is 7.61. The van der Waals surface area contributed by atoms with Gasteiger partial charge in [-0.05, 0) is 63.6 Å². The van der Waals surface area contributed by atoms with Crippen LogP contribution in [0.15, 0.2) is 54.7 Å². The fourth-order valence-corrected chi connectivity index (χ4v) is 8.64. The summed E-state index contributed by atoms with van der Waals surface area (Å²) in [5.74, 6) is -2.22. The maximum absolute atomic E-state index is 14.7. The van der Waals surface area contributed by atoms with Gasteiger partial charge in [0.2, 0.25) is 11.8 Å². The standard InChI is InChI=1S/C45H63ClF2N3O7P/c1-3-4-5-6-7-8-9-10-11-12-13-14-15-16-17-18-25-57-26-20-27-58-59(55,56)37-23-24-38-39(34(2)52)32-50(41(38)29-37)33-43(53)51-31-36(47)28-42(51)45(54)49-30-35-21-19-22-40(46)44(35)48/h10-11,19,21-24,29,32,36,42H,3-9,12-18,20,25-28,30-31,33H2,1-2H3,(H,49,54)(H,55,56)/t36-,42+/m1/s1. The van der Waals surface area contributed by atoms with Crippen LogP contribution in [0.3, 0.4) is 0 Å². The second-order valence-electron chi connectivity index (χ2n) is 15.5. The lowest BCUT2D eigenvalue weighted by molar-refractivity contribution is -0.139. The Morgan fingerprint density at radius 2 is 1.59 bits per heavy atom. The van der Waals surface area contributed by atoms with Gasteiger partial charge in [0.05, 0.1) is 29.0 Å². The first-order chi connectivity index (χ1) is 28.4. The average Bonchev–Trinajstić information content (AvgIpc) is 3.79. The van der Waals surface area contributed by atoms with Gasteiger partial charge in [0.1, 0.15) is 24.6 Å². The van der Waals surface area contributed by atoms with E-state index in [4.69, 9.17) is 20.9 Å². The summed E-state index contributed by atoms with van der Waals surface area (Å²) in [6, 6.07) is 7.59. The van der Waals surface area contributed by atoms with Crippen molar-refractivity contribution in [1.29, 1.82) is 0 Å². The Morgan fingerprint density at radius 3 is 2.29 bits per heavy atom. The summed E-state index contributed by atoms with van der Waals surface area (Å²) in [7, 11) is -4.30. The molecule has 0 bridgehead atoms. The Hall–Kier alpha value is -3.41. The van der Waals surface area contributed by atoms with E-state index < -0.39 is 37.4 Å². The third kappa shape index (κ3) is 15.5. The molecular formula is C45H63ClF2N3O7P. The summed E-state index contributed by atoms with van der Waals surface area (Å²) in [6.45, 7) is 3.72. The molecule has 0 saturated carbocycles. The van der Waals surface area contributed by atoms with Crippen molar-refractivity contribution in [2.45, 2.75) is 142 Å². The molecule has 2 N–H and O–H groups in total. The Bertz CT molecular complexity index is 1890. The number of Topliss-reactive ketones (excluding diaryl/α,β-unsaturated/α-hetero) is 1. The molecule has 59 heavy (non-hydrogen) atoms. The van der Waals surface area contributed by atoms with Crippen molar-refractivity contribution in [1.82, 2.24) is 14.8 Å². The number of nitrogens with one attached hydrogen (secondary N) is 1. The number of likely N-dealkylation sites (tertiary alicyclic amines) is 1. The predicted octanol–water partition coefficient (Wildman–Crippen LogP) is 10.2. The van der Waals surface area contributed by atoms with Crippen LogP contribution in [-0.2, 0) is 36.5 Å². The monoisotopic (exact) mass is 861 g/mol. The molecule has 0 aliphatic carbocycles. The fraction of sp³-hybridized carbons (Fsp3) is 0.578. The zero-order valence-corrected chi connectivity index (χ0v) is 36.4. The predicted molar refractivity (Wildman–Crippen MR) is 231 cm³/mol. The van der Waals surface area contributed by atoms with Gasteiger partial charge in [0.15, 0.2) is 5.78 Å². The Morgan fingerprint density at radius 1 is 0.932 bits per heavy atom. The molecule has 10 nitrogen and oxygen atoms in total. The van der Waals surface area contributed by atoms with Crippen molar-refractivity contribution in [2.75, 3.05) is 26.4 Å². The summed E-state index contributed by atoms with van der Waals surface area (Å²) in [5, 5.41) is 2.90. The van der Waals surface area contributed by atoms with Crippen molar-refractivity contribution in [3.63, 3.8) is 0 Å². The highest BCUT2D eigenvalue weighted by atomic mass is 35.5. The number of hydrogen-bond acceptors (Lipinski definition) is 6. The maximum atomic E-state index is 14.7. The molecule has 14 heteroatoms. The van der Waals surface area contributed by atoms with E-state index in [2.05, 4.69) is 24.4 Å². The maximum Gasteiger partial charge on any atom is 0.358 e. The van der Waals surface area contributed by atoms with Gasteiger partial charge in [0.25, 0.3) is 0 Å². The van der Waals surface area contributed by atoms with E-state index in [-0.39, 0.29) is 59.9 Å². The number of carbonyl (C=O) groups excluding carboxylic acids is 3. The first-order valence-electron chi connectivity index (χ1n) is 21.4. The van der Waals surface area contributed by atoms with Gasteiger partial charge in [-0.15, -0.1) is 0 Å². The van der Waals surface area contributed by atoms with E-state index in [1.54, 1.807) is 0 Å². The van der Waals surface area contributed by atoms with Crippen LogP contribution in [0.4, 0.5) is 8.78 Å². The van der Waals surface area contributed by atoms with Gasteiger partial charge in [0, 0.05) is 48.9 Å². The molecule has 2 aromatic carbocycles. The van der Waals surface area contributed by atoms with Crippen LogP contribution in [0, 0.1) is 5.82 Å². The lowest BCUT2D eigenvalue weighted by Gasteiger charge is -2.24. The summed E-state index contributed by atoms with van der Waals surface area (Å²) in [5.41, 5.74) is 0.753. The van der Waals surface area contributed by atoms with E-state index in [1.807, 2.05) is 0 Å². The molecule has 1 saturated heterocycles. The molecule has 1 aliphatic heterocycles. The molecule has 2 amide bonds. The van der Waals surface area contributed by atoms with Crippen LogP contribution in [0.1, 0.15) is 133 Å². The number of ether oxygens (including phenoxy) is 1. The van der Waals surface area contributed by atoms with Crippen LogP contribution < -0.4 is 10.6 Å². The van der Waals surface area contributed by atoms with Gasteiger partial charge in [-0.25, -0.2) is 8.78 Å². The van der Waals surface area contributed by atoms with Crippen LogP contribution in [0.5, 0.6) is 0 Å². The molecule has 0 spiro atoms. The van der Waals surface area contributed by atoms with Crippen molar-refractivity contribution >= 4 is 53.0 Å². The van der Waals surface area contributed by atoms with E-state index >= 15 is 0 Å². The van der Waals surface area contributed by atoms with Crippen molar-refractivity contribution in [3.05, 3.63) is 76.7 Å². The van der Waals surface area contributed by atoms with E-state index in [9.17, 15) is 32.6 Å². The van der Waals surface area contributed by atoms with E-state index in [0.717, 1.165) is 24.2 Å². The van der Waals surface area contributed by atoms with Gasteiger partial charge in [-0.3, -0.25) is 18.9 Å². The second kappa shape index (κ2) is 25.4. The number of carbonyl (C=O) groups is 3. The third-order valence-electron chi connectivity index (χ3n) is 10.7. The van der Waals surface area contributed by atoms with Gasteiger partial charge in [-0.1, -0.05) is 107 Å². The number of hydrogen-bond donors (Lipinski definition) is 2. The quantitative estimate of drug-likeness (QED) is 0.0322.